The molecule has 1 atom stereocenters. The van der Waals surface area contributed by atoms with Crippen LogP contribution in [0.1, 0.15) is 40.2 Å². The van der Waals surface area contributed by atoms with Gasteiger partial charge in [0.25, 0.3) is 5.91 Å². The molecule has 1 N–H and O–H groups in total. The number of rotatable bonds is 13. The lowest BCUT2D eigenvalue weighted by atomic mass is 9.88. The Bertz CT molecular complexity index is 1520. The summed E-state index contributed by atoms with van der Waals surface area (Å²) in [6.45, 7) is 1.85. The Morgan fingerprint density at radius 1 is 0.804 bits per heavy atom. The molecule has 46 heavy (non-hydrogen) atoms. The molecule has 1 heterocycles. The number of fused-ring (bicyclic) bond motifs is 1. The Balaban J connectivity index is 1.39. The van der Waals surface area contributed by atoms with E-state index in [9.17, 15) is 9.59 Å². The van der Waals surface area contributed by atoms with Crippen molar-refractivity contribution in [1.29, 1.82) is 0 Å². The fourth-order valence-electron chi connectivity index (χ4n) is 6.20. The van der Waals surface area contributed by atoms with Crippen molar-refractivity contribution in [3.8, 4) is 11.5 Å². The number of nitrogens with zero attached hydrogens (tertiary/aromatic N) is 2. The predicted molar refractivity (Wildman–Crippen MR) is 179 cm³/mol. The molecule has 0 bridgehead atoms. The molecule has 0 radical (unpaired) electrons. The standard InChI is InChI=1S/C38H43N3O5/c1-44-33-17-14-28(15-18-33)21-25-41(38(43)46-3)37(40-24-22-29-16-19-34(45-2)26-32(29)27-40)36(42)39-23-20-35(30-10-6-4-7-11-30)31-12-8-5-9-13-31/h4-19,26,35,37H,20-25,27H2,1-3H3,(H,39,42). The smallest absolute Gasteiger partial charge is 0.411 e. The van der Waals surface area contributed by atoms with E-state index in [0.717, 1.165) is 29.0 Å². The second kappa shape index (κ2) is 16.0. The van der Waals surface area contributed by atoms with Crippen LogP contribution >= 0.6 is 0 Å². The normalized spacial score (nSPS) is 13.4. The lowest BCUT2D eigenvalue weighted by molar-refractivity contribution is -0.133. The van der Waals surface area contributed by atoms with E-state index in [0.29, 0.717) is 39.0 Å². The van der Waals surface area contributed by atoms with Crippen LogP contribution in [0.15, 0.2) is 103 Å². The molecule has 4 aromatic carbocycles. The average Bonchev–Trinajstić information content (AvgIpc) is 3.11. The number of hydrogen-bond donors (Lipinski definition) is 1. The van der Waals surface area contributed by atoms with Crippen molar-refractivity contribution in [2.24, 2.45) is 0 Å². The van der Waals surface area contributed by atoms with Crippen molar-refractivity contribution >= 4 is 12.0 Å². The van der Waals surface area contributed by atoms with Gasteiger partial charge in [0.2, 0.25) is 0 Å². The van der Waals surface area contributed by atoms with Crippen LogP contribution < -0.4 is 14.8 Å². The number of benzene rings is 4. The van der Waals surface area contributed by atoms with Gasteiger partial charge in [-0.25, -0.2) is 4.79 Å². The van der Waals surface area contributed by atoms with Crippen LogP contribution in [0.3, 0.4) is 0 Å². The zero-order chi connectivity index (χ0) is 32.3. The highest BCUT2D eigenvalue weighted by atomic mass is 16.5. The number of carbonyl (C=O) groups is 2. The van der Waals surface area contributed by atoms with E-state index >= 15 is 0 Å². The minimum Gasteiger partial charge on any atom is -0.497 e. The number of ether oxygens (including phenoxy) is 3. The van der Waals surface area contributed by atoms with Gasteiger partial charge in [-0.3, -0.25) is 14.6 Å². The summed E-state index contributed by atoms with van der Waals surface area (Å²) < 4.78 is 16.1. The number of nitrogens with one attached hydrogen (secondary N) is 1. The number of amides is 2. The molecule has 4 aromatic rings. The summed E-state index contributed by atoms with van der Waals surface area (Å²) >= 11 is 0. The summed E-state index contributed by atoms with van der Waals surface area (Å²) in [6.07, 6.45) is 0.594. The molecule has 0 fully saturated rings. The second-order valence-corrected chi connectivity index (χ2v) is 11.4. The van der Waals surface area contributed by atoms with Gasteiger partial charge in [-0.15, -0.1) is 0 Å². The van der Waals surface area contributed by atoms with E-state index < -0.39 is 12.3 Å². The monoisotopic (exact) mass is 621 g/mol. The maximum Gasteiger partial charge on any atom is 0.411 e. The third-order valence-corrected chi connectivity index (χ3v) is 8.68. The summed E-state index contributed by atoms with van der Waals surface area (Å²) in [5, 5.41) is 3.20. The van der Waals surface area contributed by atoms with Gasteiger partial charge in [0.15, 0.2) is 6.17 Å². The fraction of sp³-hybridized carbons (Fsp3) is 0.316. The number of carbonyl (C=O) groups excluding carboxylic acids is 2. The van der Waals surface area contributed by atoms with Crippen molar-refractivity contribution in [1.82, 2.24) is 15.1 Å². The Kier molecular flexibility index (Phi) is 11.3. The molecule has 5 rings (SSSR count). The average molecular weight is 622 g/mol. The van der Waals surface area contributed by atoms with E-state index in [1.807, 2.05) is 72.8 Å². The first-order valence-electron chi connectivity index (χ1n) is 15.8. The molecule has 8 heteroatoms. The van der Waals surface area contributed by atoms with Crippen LogP contribution in [-0.2, 0) is 28.9 Å². The first-order chi connectivity index (χ1) is 22.5. The van der Waals surface area contributed by atoms with Crippen molar-refractivity contribution in [2.45, 2.75) is 37.9 Å². The summed E-state index contributed by atoms with van der Waals surface area (Å²) in [5.41, 5.74) is 5.70. The second-order valence-electron chi connectivity index (χ2n) is 11.4. The minimum absolute atomic E-state index is 0.113. The molecule has 2 amide bonds. The summed E-state index contributed by atoms with van der Waals surface area (Å²) in [6, 6.07) is 34.5. The van der Waals surface area contributed by atoms with Crippen LogP contribution in [0.5, 0.6) is 11.5 Å². The highest BCUT2D eigenvalue weighted by molar-refractivity contribution is 5.85. The van der Waals surface area contributed by atoms with Crippen molar-refractivity contribution < 1.29 is 23.8 Å². The first kappa shape index (κ1) is 32.6. The highest BCUT2D eigenvalue weighted by Gasteiger charge is 2.37. The molecule has 0 spiro atoms. The van der Waals surface area contributed by atoms with Crippen molar-refractivity contribution in [2.75, 3.05) is 41.0 Å². The summed E-state index contributed by atoms with van der Waals surface area (Å²) in [5.74, 6) is 1.41. The van der Waals surface area contributed by atoms with Crippen LogP contribution in [0, 0.1) is 0 Å². The third kappa shape index (κ3) is 8.06. The molecule has 0 aromatic heterocycles. The van der Waals surface area contributed by atoms with Crippen molar-refractivity contribution in [3.63, 3.8) is 0 Å². The quantitative estimate of drug-likeness (QED) is 0.196. The van der Waals surface area contributed by atoms with Crippen LogP contribution in [0.2, 0.25) is 0 Å². The van der Waals surface area contributed by atoms with Gasteiger partial charge in [0.05, 0.1) is 21.3 Å². The zero-order valence-corrected chi connectivity index (χ0v) is 26.9. The Morgan fingerprint density at radius 2 is 1.43 bits per heavy atom. The van der Waals surface area contributed by atoms with Crippen LogP contribution in [0.25, 0.3) is 0 Å². The lowest BCUT2D eigenvalue weighted by Crippen LogP contribution is -2.60. The Hall–Kier alpha value is -4.82. The molecular weight excluding hydrogens is 578 g/mol. The van der Waals surface area contributed by atoms with Gasteiger partial charge < -0.3 is 19.5 Å². The largest absolute Gasteiger partial charge is 0.497 e. The zero-order valence-electron chi connectivity index (χ0n) is 26.9. The van der Waals surface area contributed by atoms with E-state index in [4.69, 9.17) is 14.2 Å². The SMILES string of the molecule is COC(=O)N(CCc1ccc(OC)cc1)C(C(=O)NCCC(c1ccccc1)c1ccccc1)N1CCc2ccc(OC)cc2C1. The molecule has 0 saturated carbocycles. The van der Waals surface area contributed by atoms with E-state index in [1.165, 1.54) is 23.8 Å². The van der Waals surface area contributed by atoms with Crippen LogP contribution in [0.4, 0.5) is 4.79 Å². The van der Waals surface area contributed by atoms with Gasteiger partial charge in [0, 0.05) is 32.1 Å². The third-order valence-electron chi connectivity index (χ3n) is 8.68. The Morgan fingerprint density at radius 3 is 2.04 bits per heavy atom. The molecule has 1 unspecified atom stereocenters. The highest BCUT2D eigenvalue weighted by Crippen LogP contribution is 2.29. The topological polar surface area (TPSA) is 80.3 Å². The first-order valence-corrected chi connectivity index (χ1v) is 15.8. The molecule has 8 nitrogen and oxygen atoms in total. The maximum absolute atomic E-state index is 14.2. The Labute approximate surface area is 271 Å². The summed E-state index contributed by atoms with van der Waals surface area (Å²) in [7, 11) is 4.64. The van der Waals surface area contributed by atoms with E-state index in [1.54, 1.807) is 19.1 Å². The van der Waals surface area contributed by atoms with Crippen LogP contribution in [-0.4, -0.2) is 68.9 Å². The molecule has 0 saturated heterocycles. The molecular formula is C38H43N3O5. The lowest BCUT2D eigenvalue weighted by Gasteiger charge is -2.40. The molecule has 1 aliphatic heterocycles. The maximum atomic E-state index is 14.2. The number of hydrogen-bond acceptors (Lipinski definition) is 6. The molecule has 0 aliphatic carbocycles. The molecule has 240 valence electrons. The van der Waals surface area contributed by atoms with Crippen molar-refractivity contribution in [3.05, 3.63) is 131 Å². The number of methoxy groups -OCH3 is 3. The van der Waals surface area contributed by atoms with Gasteiger partial charge >= 0.3 is 6.09 Å². The van der Waals surface area contributed by atoms with Gasteiger partial charge in [-0.2, -0.15) is 0 Å². The fourth-order valence-corrected chi connectivity index (χ4v) is 6.20. The van der Waals surface area contributed by atoms with Gasteiger partial charge in [-0.1, -0.05) is 78.9 Å². The molecule has 1 aliphatic rings. The summed E-state index contributed by atoms with van der Waals surface area (Å²) in [4.78, 5) is 31.2. The van der Waals surface area contributed by atoms with E-state index in [-0.39, 0.29) is 11.8 Å². The minimum atomic E-state index is -0.864. The van der Waals surface area contributed by atoms with Gasteiger partial charge in [0.1, 0.15) is 11.5 Å². The van der Waals surface area contributed by atoms with Gasteiger partial charge in [-0.05, 0) is 71.3 Å². The van der Waals surface area contributed by atoms with E-state index in [2.05, 4.69) is 40.5 Å². The predicted octanol–water partition coefficient (Wildman–Crippen LogP) is 6.04.